The van der Waals surface area contributed by atoms with Gasteiger partial charge >= 0.3 is 0 Å². The Morgan fingerprint density at radius 1 is 1.42 bits per heavy atom. The van der Waals surface area contributed by atoms with Gasteiger partial charge in [0.1, 0.15) is 0 Å². The summed E-state index contributed by atoms with van der Waals surface area (Å²) < 4.78 is 1.92. The molecule has 1 fully saturated rings. The van der Waals surface area contributed by atoms with Crippen LogP contribution in [0, 0.1) is 18.3 Å². The van der Waals surface area contributed by atoms with Crippen molar-refractivity contribution < 1.29 is 5.11 Å². The van der Waals surface area contributed by atoms with Crippen LogP contribution in [0.5, 0.6) is 0 Å². The van der Waals surface area contributed by atoms with Crippen molar-refractivity contribution in [3.05, 3.63) is 17.5 Å². The molecule has 0 amide bonds. The van der Waals surface area contributed by atoms with E-state index in [9.17, 15) is 5.11 Å². The fourth-order valence-corrected chi connectivity index (χ4v) is 3.82. The Kier molecular flexibility index (Phi) is 3.78. The van der Waals surface area contributed by atoms with E-state index in [2.05, 4.69) is 31.9 Å². The molecular weight excluding hydrogens is 236 g/mol. The van der Waals surface area contributed by atoms with Crippen LogP contribution < -0.4 is 0 Å². The third kappa shape index (κ3) is 3.02. The number of rotatable bonds is 2. The number of hydrogen-bond acceptors (Lipinski definition) is 2. The van der Waals surface area contributed by atoms with Crippen LogP contribution in [0.15, 0.2) is 6.07 Å². The van der Waals surface area contributed by atoms with Crippen molar-refractivity contribution in [3.63, 3.8) is 0 Å². The molecule has 3 nitrogen and oxygen atoms in total. The normalized spacial score (nSPS) is 28.6. The Morgan fingerprint density at radius 2 is 2.11 bits per heavy atom. The molecule has 19 heavy (non-hydrogen) atoms. The Bertz CT molecular complexity index is 444. The Morgan fingerprint density at radius 3 is 2.63 bits per heavy atom. The lowest BCUT2D eigenvalue weighted by Crippen LogP contribution is -2.48. The standard InChI is InChI=1S/C16H28N2O/c1-12-10-13(18(5)17-12)11-16(19)9-7-6-8-14(16)15(2,3)4/h10,14,19H,6-9,11H2,1-5H3. The van der Waals surface area contributed by atoms with Crippen LogP contribution in [0.4, 0.5) is 0 Å². The average molecular weight is 264 g/mol. The zero-order valence-electron chi connectivity index (χ0n) is 13.0. The smallest absolute Gasteiger partial charge is 0.0735 e. The van der Waals surface area contributed by atoms with Crippen LogP contribution in [-0.2, 0) is 13.5 Å². The minimum Gasteiger partial charge on any atom is -0.389 e. The summed E-state index contributed by atoms with van der Waals surface area (Å²) in [5.74, 6) is 0.365. The molecule has 0 spiro atoms. The van der Waals surface area contributed by atoms with Gasteiger partial charge in [-0.3, -0.25) is 4.68 Å². The fourth-order valence-electron chi connectivity index (χ4n) is 3.82. The van der Waals surface area contributed by atoms with E-state index in [0.29, 0.717) is 5.92 Å². The van der Waals surface area contributed by atoms with Crippen LogP contribution >= 0.6 is 0 Å². The molecule has 0 radical (unpaired) electrons. The van der Waals surface area contributed by atoms with E-state index in [1.54, 1.807) is 0 Å². The van der Waals surface area contributed by atoms with Gasteiger partial charge in [-0.1, -0.05) is 33.6 Å². The monoisotopic (exact) mass is 264 g/mol. The molecule has 0 aliphatic heterocycles. The van der Waals surface area contributed by atoms with E-state index >= 15 is 0 Å². The first-order valence-electron chi connectivity index (χ1n) is 7.44. The minimum atomic E-state index is -0.573. The number of hydrogen-bond donors (Lipinski definition) is 1. The molecule has 0 bridgehead atoms. The zero-order valence-corrected chi connectivity index (χ0v) is 13.0. The van der Waals surface area contributed by atoms with Crippen LogP contribution in [0.25, 0.3) is 0 Å². The highest BCUT2D eigenvalue weighted by Gasteiger charge is 2.45. The second-order valence-corrected chi connectivity index (χ2v) is 7.35. The van der Waals surface area contributed by atoms with Crippen molar-refractivity contribution >= 4 is 0 Å². The first-order chi connectivity index (χ1) is 8.72. The van der Waals surface area contributed by atoms with E-state index in [1.165, 1.54) is 6.42 Å². The van der Waals surface area contributed by atoms with Crippen molar-refractivity contribution in [2.24, 2.45) is 18.4 Å². The van der Waals surface area contributed by atoms with E-state index in [-0.39, 0.29) is 5.41 Å². The van der Waals surface area contributed by atoms with E-state index in [0.717, 1.165) is 37.1 Å². The third-order valence-corrected chi connectivity index (χ3v) is 4.63. The van der Waals surface area contributed by atoms with Crippen LogP contribution in [0.3, 0.4) is 0 Å². The number of nitrogens with zero attached hydrogens (tertiary/aromatic N) is 2. The highest BCUT2D eigenvalue weighted by atomic mass is 16.3. The van der Waals surface area contributed by atoms with E-state index in [4.69, 9.17) is 0 Å². The van der Waals surface area contributed by atoms with Crippen molar-refractivity contribution in [2.75, 3.05) is 0 Å². The molecular formula is C16H28N2O. The maximum atomic E-state index is 11.2. The van der Waals surface area contributed by atoms with Crippen molar-refractivity contribution in [3.8, 4) is 0 Å². The third-order valence-electron chi connectivity index (χ3n) is 4.63. The van der Waals surface area contributed by atoms with Gasteiger partial charge < -0.3 is 5.11 Å². The first-order valence-corrected chi connectivity index (χ1v) is 7.44. The van der Waals surface area contributed by atoms with Gasteiger partial charge in [0.15, 0.2) is 0 Å². The van der Waals surface area contributed by atoms with Crippen LogP contribution in [-0.4, -0.2) is 20.5 Å². The summed E-state index contributed by atoms with van der Waals surface area (Å²) in [4.78, 5) is 0. The molecule has 108 valence electrons. The predicted molar refractivity (Wildman–Crippen MR) is 78.0 cm³/mol. The summed E-state index contributed by atoms with van der Waals surface area (Å²) in [6.45, 7) is 8.77. The molecule has 1 aliphatic carbocycles. The van der Waals surface area contributed by atoms with Gasteiger partial charge in [-0.25, -0.2) is 0 Å². The van der Waals surface area contributed by atoms with Gasteiger partial charge in [-0.15, -0.1) is 0 Å². The summed E-state index contributed by atoms with van der Waals surface area (Å²) in [6, 6.07) is 2.10. The van der Waals surface area contributed by atoms with Gasteiger partial charge in [0.05, 0.1) is 11.3 Å². The van der Waals surface area contributed by atoms with Gasteiger partial charge in [0.25, 0.3) is 0 Å². The van der Waals surface area contributed by atoms with Crippen LogP contribution in [0.1, 0.15) is 57.8 Å². The SMILES string of the molecule is Cc1cc(CC2(O)CCCCC2C(C)(C)C)n(C)n1. The molecule has 0 aromatic carbocycles. The molecule has 1 aromatic heterocycles. The Labute approximate surface area is 117 Å². The maximum absolute atomic E-state index is 11.2. The molecule has 1 aliphatic rings. The lowest BCUT2D eigenvalue weighted by atomic mass is 9.62. The molecule has 2 rings (SSSR count). The number of aromatic nitrogens is 2. The van der Waals surface area contributed by atoms with Crippen molar-refractivity contribution in [1.29, 1.82) is 0 Å². The molecule has 2 unspecified atom stereocenters. The Hall–Kier alpha value is -0.830. The fraction of sp³-hybridized carbons (Fsp3) is 0.812. The quantitative estimate of drug-likeness (QED) is 0.890. The zero-order chi connectivity index (χ0) is 14.3. The highest BCUT2D eigenvalue weighted by Crippen LogP contribution is 2.45. The van der Waals surface area contributed by atoms with E-state index in [1.807, 2.05) is 18.7 Å². The lowest BCUT2D eigenvalue weighted by molar-refractivity contribution is -0.0899. The van der Waals surface area contributed by atoms with Crippen molar-refractivity contribution in [2.45, 2.75) is 65.4 Å². The summed E-state index contributed by atoms with van der Waals surface area (Å²) in [5, 5.41) is 15.6. The summed E-state index contributed by atoms with van der Waals surface area (Å²) in [6.07, 6.45) is 5.16. The molecule has 1 N–H and O–H groups in total. The topological polar surface area (TPSA) is 38.0 Å². The lowest BCUT2D eigenvalue weighted by Gasteiger charge is -2.47. The largest absolute Gasteiger partial charge is 0.389 e. The second-order valence-electron chi connectivity index (χ2n) is 7.35. The number of aryl methyl sites for hydroxylation is 2. The molecule has 0 saturated heterocycles. The summed E-state index contributed by atoms with van der Waals surface area (Å²) >= 11 is 0. The van der Waals surface area contributed by atoms with Gasteiger partial charge in [-0.2, -0.15) is 5.10 Å². The van der Waals surface area contributed by atoms with Gasteiger partial charge in [0, 0.05) is 19.2 Å². The highest BCUT2D eigenvalue weighted by molar-refractivity contribution is 5.13. The minimum absolute atomic E-state index is 0.156. The summed E-state index contributed by atoms with van der Waals surface area (Å²) in [7, 11) is 1.97. The van der Waals surface area contributed by atoms with E-state index < -0.39 is 5.60 Å². The molecule has 2 atom stereocenters. The van der Waals surface area contributed by atoms with Crippen molar-refractivity contribution in [1.82, 2.24) is 9.78 Å². The Balaban J connectivity index is 2.26. The maximum Gasteiger partial charge on any atom is 0.0735 e. The summed E-state index contributed by atoms with van der Waals surface area (Å²) in [5.41, 5.74) is 1.76. The molecule has 1 aromatic rings. The van der Waals surface area contributed by atoms with Gasteiger partial charge in [-0.05, 0) is 37.2 Å². The molecule has 3 heteroatoms. The first kappa shape index (κ1) is 14.6. The number of aliphatic hydroxyl groups is 1. The average Bonchev–Trinajstić information content (AvgIpc) is 2.55. The predicted octanol–water partition coefficient (Wildman–Crippen LogP) is 3.24. The second kappa shape index (κ2) is 4.93. The molecule has 1 saturated carbocycles. The molecule has 1 heterocycles. The van der Waals surface area contributed by atoms with Gasteiger partial charge in [0.2, 0.25) is 0 Å². The van der Waals surface area contributed by atoms with Crippen LogP contribution in [0.2, 0.25) is 0 Å².